The summed E-state index contributed by atoms with van der Waals surface area (Å²) in [7, 11) is 0. The summed E-state index contributed by atoms with van der Waals surface area (Å²) in [5.74, 6) is -0.950. The molecular weight excluding hydrogens is 378 g/mol. The first kappa shape index (κ1) is 18.5. The highest BCUT2D eigenvalue weighted by Gasteiger charge is 2.19. The van der Waals surface area contributed by atoms with Gasteiger partial charge in [-0.15, -0.1) is 6.58 Å². The lowest BCUT2D eigenvalue weighted by atomic mass is 10.2. The molecule has 0 aliphatic heterocycles. The van der Waals surface area contributed by atoms with Gasteiger partial charge in [-0.1, -0.05) is 30.3 Å². The van der Waals surface area contributed by atoms with Crippen LogP contribution in [0.2, 0.25) is 0 Å². The molecule has 0 saturated heterocycles. The lowest BCUT2D eigenvalue weighted by Crippen LogP contribution is -2.39. The zero-order valence-electron chi connectivity index (χ0n) is 15.3. The van der Waals surface area contributed by atoms with E-state index in [1.165, 1.54) is 45.8 Å². The highest BCUT2D eigenvalue weighted by Crippen LogP contribution is 2.16. The Morgan fingerprint density at radius 2 is 1.86 bits per heavy atom. The molecule has 146 valence electrons. The van der Waals surface area contributed by atoms with E-state index in [-0.39, 0.29) is 29.9 Å². The second-order valence-corrected chi connectivity index (χ2v) is 6.44. The van der Waals surface area contributed by atoms with Crippen molar-refractivity contribution in [3.63, 3.8) is 0 Å². The fraction of sp³-hybridized carbons (Fsp3) is 0.0952. The van der Waals surface area contributed by atoms with E-state index in [9.17, 15) is 18.4 Å². The van der Waals surface area contributed by atoms with E-state index >= 15 is 0 Å². The van der Waals surface area contributed by atoms with Crippen molar-refractivity contribution in [3.8, 4) is 5.69 Å². The molecule has 0 atom stereocenters. The Morgan fingerprint density at radius 1 is 1.07 bits per heavy atom. The Balaban J connectivity index is 2.03. The number of hydrogen-bond donors (Lipinski definition) is 0. The molecular formula is C21H16F2N4O2. The Kier molecular flexibility index (Phi) is 4.67. The van der Waals surface area contributed by atoms with Crippen LogP contribution in [-0.2, 0) is 13.1 Å². The van der Waals surface area contributed by atoms with Crippen molar-refractivity contribution in [2.75, 3.05) is 0 Å². The number of halogens is 2. The molecule has 0 radical (unpaired) electrons. The SMILES string of the molecule is C=CCn1c(=O)c2c(ncn2Cc2ccccc2F)n(-c2cccc(F)c2)c1=O. The summed E-state index contributed by atoms with van der Waals surface area (Å²) in [6.45, 7) is 3.60. The van der Waals surface area contributed by atoms with Gasteiger partial charge in [-0.25, -0.2) is 23.1 Å². The fourth-order valence-corrected chi connectivity index (χ4v) is 3.25. The Bertz CT molecular complexity index is 1350. The lowest BCUT2D eigenvalue weighted by molar-refractivity contribution is 0.600. The highest BCUT2D eigenvalue weighted by molar-refractivity contribution is 5.72. The standard InChI is InChI=1S/C21H16F2N4O2/c1-2-10-26-20(28)18-19(27(21(26)29)16-8-5-7-15(22)11-16)24-13-25(18)12-14-6-3-4-9-17(14)23/h2-9,11,13H,1,10,12H2. The van der Waals surface area contributed by atoms with Crippen molar-refractivity contribution in [3.05, 3.63) is 106 Å². The van der Waals surface area contributed by atoms with E-state index in [1.807, 2.05) is 0 Å². The van der Waals surface area contributed by atoms with E-state index in [1.54, 1.807) is 24.3 Å². The second kappa shape index (κ2) is 7.31. The Labute approximate surface area is 163 Å². The third-order valence-electron chi connectivity index (χ3n) is 4.58. The predicted octanol–water partition coefficient (Wildman–Crippen LogP) is 2.86. The molecule has 2 aromatic heterocycles. The molecule has 4 aromatic rings. The van der Waals surface area contributed by atoms with Gasteiger partial charge in [0.1, 0.15) is 11.6 Å². The zero-order chi connectivity index (χ0) is 20.5. The number of imidazole rings is 1. The van der Waals surface area contributed by atoms with Gasteiger partial charge in [0.05, 0.1) is 18.6 Å². The molecule has 0 N–H and O–H groups in total. The Morgan fingerprint density at radius 3 is 2.59 bits per heavy atom. The monoisotopic (exact) mass is 394 g/mol. The molecule has 0 amide bonds. The van der Waals surface area contributed by atoms with Gasteiger partial charge in [0.15, 0.2) is 11.2 Å². The molecule has 0 fully saturated rings. The molecule has 2 aromatic carbocycles. The minimum atomic E-state index is -0.663. The summed E-state index contributed by atoms with van der Waals surface area (Å²) in [6, 6.07) is 11.6. The fourth-order valence-electron chi connectivity index (χ4n) is 3.25. The number of rotatable bonds is 5. The van der Waals surface area contributed by atoms with Crippen LogP contribution in [0.25, 0.3) is 16.9 Å². The summed E-state index contributed by atoms with van der Waals surface area (Å²) in [5, 5.41) is 0. The van der Waals surface area contributed by atoms with Gasteiger partial charge in [-0.05, 0) is 24.3 Å². The summed E-state index contributed by atoms with van der Waals surface area (Å²) >= 11 is 0. The van der Waals surface area contributed by atoms with E-state index < -0.39 is 22.9 Å². The second-order valence-electron chi connectivity index (χ2n) is 6.44. The third-order valence-corrected chi connectivity index (χ3v) is 4.58. The van der Waals surface area contributed by atoms with Crippen LogP contribution in [-0.4, -0.2) is 18.7 Å². The van der Waals surface area contributed by atoms with Gasteiger partial charge >= 0.3 is 5.69 Å². The molecule has 0 aliphatic rings. The molecule has 4 rings (SSSR count). The Hall–Kier alpha value is -3.81. The minimum absolute atomic E-state index is 0.0339. The summed E-state index contributed by atoms with van der Waals surface area (Å²) in [4.78, 5) is 30.2. The van der Waals surface area contributed by atoms with Gasteiger partial charge in [0.2, 0.25) is 0 Å². The minimum Gasteiger partial charge on any atom is -0.320 e. The average molecular weight is 394 g/mol. The van der Waals surface area contributed by atoms with Crippen molar-refractivity contribution in [1.82, 2.24) is 18.7 Å². The first-order valence-electron chi connectivity index (χ1n) is 8.82. The van der Waals surface area contributed by atoms with Crippen molar-refractivity contribution in [2.45, 2.75) is 13.1 Å². The number of aromatic nitrogens is 4. The quantitative estimate of drug-likeness (QED) is 0.489. The largest absolute Gasteiger partial charge is 0.337 e. The van der Waals surface area contributed by atoms with Crippen LogP contribution in [0.5, 0.6) is 0 Å². The van der Waals surface area contributed by atoms with E-state index in [2.05, 4.69) is 11.6 Å². The van der Waals surface area contributed by atoms with E-state index in [0.29, 0.717) is 5.56 Å². The van der Waals surface area contributed by atoms with E-state index in [4.69, 9.17) is 0 Å². The highest BCUT2D eigenvalue weighted by atomic mass is 19.1. The van der Waals surface area contributed by atoms with Crippen LogP contribution in [0.15, 0.2) is 77.1 Å². The first-order chi connectivity index (χ1) is 14.0. The molecule has 0 bridgehead atoms. The number of nitrogens with zero attached hydrogens (tertiary/aromatic N) is 4. The maximum atomic E-state index is 14.1. The zero-order valence-corrected chi connectivity index (χ0v) is 15.3. The topological polar surface area (TPSA) is 61.8 Å². The van der Waals surface area contributed by atoms with Crippen LogP contribution in [0, 0.1) is 11.6 Å². The molecule has 29 heavy (non-hydrogen) atoms. The predicted molar refractivity (Wildman–Crippen MR) is 105 cm³/mol. The molecule has 6 nitrogen and oxygen atoms in total. The summed E-state index contributed by atoms with van der Waals surface area (Å²) in [6.07, 6.45) is 2.79. The van der Waals surface area contributed by atoms with Crippen molar-refractivity contribution < 1.29 is 8.78 Å². The molecule has 0 spiro atoms. The van der Waals surface area contributed by atoms with E-state index in [0.717, 1.165) is 4.57 Å². The molecule has 8 heteroatoms. The van der Waals surface area contributed by atoms with Gasteiger partial charge in [0.25, 0.3) is 5.56 Å². The number of benzene rings is 2. The maximum absolute atomic E-state index is 14.1. The normalized spacial score (nSPS) is 11.1. The van der Waals surface area contributed by atoms with Crippen molar-refractivity contribution in [1.29, 1.82) is 0 Å². The average Bonchev–Trinajstić information content (AvgIpc) is 3.10. The molecule has 0 unspecified atom stereocenters. The van der Waals surface area contributed by atoms with Crippen LogP contribution >= 0.6 is 0 Å². The van der Waals surface area contributed by atoms with Gasteiger partial charge in [-0.2, -0.15) is 0 Å². The smallest absolute Gasteiger partial charge is 0.320 e. The van der Waals surface area contributed by atoms with Crippen LogP contribution in [0.4, 0.5) is 8.78 Å². The first-order valence-corrected chi connectivity index (χ1v) is 8.82. The molecule has 2 heterocycles. The molecule has 0 saturated carbocycles. The summed E-state index contributed by atoms with van der Waals surface area (Å²) < 4.78 is 31.5. The van der Waals surface area contributed by atoms with Gasteiger partial charge in [0, 0.05) is 12.1 Å². The van der Waals surface area contributed by atoms with Crippen molar-refractivity contribution >= 4 is 11.2 Å². The number of fused-ring (bicyclic) bond motifs is 1. The van der Waals surface area contributed by atoms with Crippen LogP contribution < -0.4 is 11.2 Å². The van der Waals surface area contributed by atoms with Crippen molar-refractivity contribution in [2.24, 2.45) is 0 Å². The lowest BCUT2D eigenvalue weighted by Gasteiger charge is -2.12. The summed E-state index contributed by atoms with van der Waals surface area (Å²) in [5.41, 5.74) is -0.462. The third kappa shape index (κ3) is 3.18. The van der Waals surface area contributed by atoms with Gasteiger partial charge in [-0.3, -0.25) is 9.36 Å². The van der Waals surface area contributed by atoms with Crippen LogP contribution in [0.1, 0.15) is 5.56 Å². The number of allylic oxidation sites excluding steroid dienone is 1. The maximum Gasteiger partial charge on any atom is 0.337 e. The van der Waals surface area contributed by atoms with Crippen LogP contribution in [0.3, 0.4) is 0 Å². The molecule has 0 aliphatic carbocycles. The number of hydrogen-bond acceptors (Lipinski definition) is 3. The van der Waals surface area contributed by atoms with Gasteiger partial charge < -0.3 is 4.57 Å².